The maximum Gasteiger partial charge on any atom is 0.155 e. The topological polar surface area (TPSA) is 55.1 Å². The van der Waals surface area contributed by atoms with E-state index in [1.54, 1.807) is 6.92 Å². The number of anilines is 2. The van der Waals surface area contributed by atoms with Crippen molar-refractivity contribution < 1.29 is 4.79 Å². The van der Waals surface area contributed by atoms with Crippen LogP contribution in [0.1, 0.15) is 39.0 Å². The Bertz CT molecular complexity index is 391. The highest BCUT2D eigenvalue weighted by atomic mass is 16.1. The van der Waals surface area contributed by atoms with Gasteiger partial charge in [-0.15, -0.1) is 0 Å². The Balaban J connectivity index is 2.17. The van der Waals surface area contributed by atoms with E-state index in [1.807, 2.05) is 24.3 Å². The maximum absolute atomic E-state index is 11.9. The lowest BCUT2D eigenvalue weighted by Crippen LogP contribution is -2.46. The van der Waals surface area contributed by atoms with Gasteiger partial charge in [-0.25, -0.2) is 0 Å². The van der Waals surface area contributed by atoms with Gasteiger partial charge in [0.25, 0.3) is 0 Å². The second-order valence-corrected chi connectivity index (χ2v) is 4.95. The van der Waals surface area contributed by atoms with Gasteiger partial charge in [0.2, 0.25) is 0 Å². The minimum absolute atomic E-state index is 0.244. The van der Waals surface area contributed by atoms with Crippen LogP contribution in [0.15, 0.2) is 24.3 Å². The molecule has 0 heterocycles. The molecule has 17 heavy (non-hydrogen) atoms. The van der Waals surface area contributed by atoms with Crippen LogP contribution >= 0.6 is 0 Å². The van der Waals surface area contributed by atoms with Crippen molar-refractivity contribution in [2.75, 3.05) is 11.1 Å². The average Bonchev–Trinajstić information content (AvgIpc) is 2.33. The highest BCUT2D eigenvalue weighted by Gasteiger charge is 2.36. The number of hydrogen-bond acceptors (Lipinski definition) is 3. The van der Waals surface area contributed by atoms with E-state index >= 15 is 0 Å². The molecule has 1 saturated carbocycles. The van der Waals surface area contributed by atoms with Gasteiger partial charge in [0.15, 0.2) is 5.78 Å². The van der Waals surface area contributed by atoms with Crippen molar-refractivity contribution in [2.45, 2.75) is 44.6 Å². The van der Waals surface area contributed by atoms with Gasteiger partial charge < -0.3 is 11.1 Å². The fourth-order valence-electron chi connectivity index (χ4n) is 2.56. The summed E-state index contributed by atoms with van der Waals surface area (Å²) in [5.41, 5.74) is 7.03. The van der Waals surface area contributed by atoms with E-state index in [0.717, 1.165) is 37.1 Å². The van der Waals surface area contributed by atoms with Gasteiger partial charge >= 0.3 is 0 Å². The third-order valence-corrected chi connectivity index (χ3v) is 3.68. The van der Waals surface area contributed by atoms with Crippen LogP contribution in [0.3, 0.4) is 0 Å². The van der Waals surface area contributed by atoms with E-state index in [2.05, 4.69) is 5.32 Å². The Kier molecular flexibility index (Phi) is 3.36. The van der Waals surface area contributed by atoms with E-state index in [-0.39, 0.29) is 11.3 Å². The highest BCUT2D eigenvalue weighted by molar-refractivity contribution is 5.89. The Morgan fingerprint density at radius 2 is 1.76 bits per heavy atom. The van der Waals surface area contributed by atoms with E-state index in [0.29, 0.717) is 0 Å². The van der Waals surface area contributed by atoms with Gasteiger partial charge in [0, 0.05) is 11.4 Å². The number of carbonyl (C=O) groups is 1. The smallest absolute Gasteiger partial charge is 0.155 e. The summed E-state index contributed by atoms with van der Waals surface area (Å²) in [6.45, 7) is 1.69. The molecular weight excluding hydrogens is 212 g/mol. The van der Waals surface area contributed by atoms with Gasteiger partial charge in [0.1, 0.15) is 0 Å². The fourth-order valence-corrected chi connectivity index (χ4v) is 2.56. The normalized spacial score (nSPS) is 18.6. The third kappa shape index (κ3) is 2.60. The lowest BCUT2D eigenvalue weighted by molar-refractivity contribution is -0.122. The summed E-state index contributed by atoms with van der Waals surface area (Å²) in [7, 11) is 0. The predicted molar refractivity (Wildman–Crippen MR) is 71.0 cm³/mol. The molecule has 0 unspecified atom stereocenters. The summed E-state index contributed by atoms with van der Waals surface area (Å²) in [6, 6.07) is 7.60. The summed E-state index contributed by atoms with van der Waals surface area (Å²) < 4.78 is 0. The number of nitrogens with one attached hydrogen (secondary N) is 1. The third-order valence-electron chi connectivity index (χ3n) is 3.68. The fraction of sp³-hybridized carbons (Fsp3) is 0.500. The van der Waals surface area contributed by atoms with Crippen LogP contribution in [0.2, 0.25) is 0 Å². The minimum atomic E-state index is -0.353. The molecule has 3 N–H and O–H groups in total. The molecular formula is C14H20N2O. The molecule has 0 saturated heterocycles. The molecule has 1 aromatic carbocycles. The van der Waals surface area contributed by atoms with Gasteiger partial charge in [0.05, 0.1) is 5.54 Å². The molecule has 1 aliphatic rings. The molecule has 0 atom stereocenters. The number of nitrogen functional groups attached to an aromatic ring is 1. The number of ketones is 1. The van der Waals surface area contributed by atoms with Crippen molar-refractivity contribution in [1.82, 2.24) is 0 Å². The quantitative estimate of drug-likeness (QED) is 0.788. The molecule has 92 valence electrons. The summed E-state index contributed by atoms with van der Waals surface area (Å²) >= 11 is 0. The van der Waals surface area contributed by atoms with Crippen LogP contribution in [-0.2, 0) is 4.79 Å². The Morgan fingerprint density at radius 1 is 1.18 bits per heavy atom. The van der Waals surface area contributed by atoms with Crippen molar-refractivity contribution in [3.05, 3.63) is 24.3 Å². The van der Waals surface area contributed by atoms with Gasteiger partial charge in [-0.1, -0.05) is 19.3 Å². The van der Waals surface area contributed by atoms with Crippen molar-refractivity contribution in [3.63, 3.8) is 0 Å². The molecule has 2 rings (SSSR count). The van der Waals surface area contributed by atoms with E-state index in [9.17, 15) is 4.79 Å². The zero-order chi connectivity index (χ0) is 12.3. The predicted octanol–water partition coefficient (Wildman–Crippen LogP) is 2.97. The molecule has 0 aliphatic heterocycles. The zero-order valence-electron chi connectivity index (χ0n) is 10.3. The number of hydrogen-bond donors (Lipinski definition) is 2. The number of carbonyl (C=O) groups excluding carboxylic acids is 1. The lowest BCUT2D eigenvalue weighted by Gasteiger charge is -2.36. The molecule has 1 aliphatic carbocycles. The van der Waals surface area contributed by atoms with Gasteiger partial charge in [-0.05, 0) is 44.0 Å². The van der Waals surface area contributed by atoms with Crippen LogP contribution in [0.4, 0.5) is 11.4 Å². The van der Waals surface area contributed by atoms with Crippen molar-refractivity contribution >= 4 is 17.2 Å². The molecule has 3 heteroatoms. The lowest BCUT2D eigenvalue weighted by atomic mass is 9.79. The van der Waals surface area contributed by atoms with Crippen molar-refractivity contribution in [3.8, 4) is 0 Å². The summed E-state index contributed by atoms with van der Waals surface area (Å²) in [6.07, 6.45) is 5.36. The second-order valence-electron chi connectivity index (χ2n) is 4.95. The molecule has 0 aromatic heterocycles. The number of benzene rings is 1. The van der Waals surface area contributed by atoms with Crippen LogP contribution in [0.25, 0.3) is 0 Å². The average molecular weight is 232 g/mol. The SMILES string of the molecule is CC(=O)C1(Nc2ccc(N)cc2)CCCCC1. The standard InChI is InChI=1S/C14H20N2O/c1-11(17)14(9-3-2-4-10-14)16-13-7-5-12(15)6-8-13/h5-8,16H,2-4,9-10,15H2,1H3. The summed E-state index contributed by atoms with van der Waals surface area (Å²) in [5.74, 6) is 0.244. The first kappa shape index (κ1) is 12.0. The first-order valence-corrected chi connectivity index (χ1v) is 6.27. The Labute approximate surface area is 102 Å². The van der Waals surface area contributed by atoms with Gasteiger partial charge in [-0.2, -0.15) is 0 Å². The summed E-state index contributed by atoms with van der Waals surface area (Å²) in [4.78, 5) is 11.9. The Hall–Kier alpha value is -1.51. The molecule has 0 spiro atoms. The minimum Gasteiger partial charge on any atom is -0.399 e. The van der Waals surface area contributed by atoms with Crippen LogP contribution in [0.5, 0.6) is 0 Å². The Morgan fingerprint density at radius 3 is 2.29 bits per heavy atom. The van der Waals surface area contributed by atoms with E-state index < -0.39 is 0 Å². The van der Waals surface area contributed by atoms with E-state index in [4.69, 9.17) is 5.73 Å². The number of Topliss-reactive ketones (excluding diaryl/α,β-unsaturated/α-hetero) is 1. The van der Waals surface area contributed by atoms with Crippen molar-refractivity contribution in [1.29, 1.82) is 0 Å². The first-order chi connectivity index (χ1) is 8.12. The van der Waals surface area contributed by atoms with E-state index in [1.165, 1.54) is 6.42 Å². The molecule has 0 radical (unpaired) electrons. The zero-order valence-corrected chi connectivity index (χ0v) is 10.3. The molecule has 1 fully saturated rings. The van der Waals surface area contributed by atoms with Crippen LogP contribution in [0, 0.1) is 0 Å². The number of rotatable bonds is 3. The van der Waals surface area contributed by atoms with Gasteiger partial charge in [-0.3, -0.25) is 4.79 Å². The van der Waals surface area contributed by atoms with Crippen LogP contribution in [-0.4, -0.2) is 11.3 Å². The molecule has 0 bridgehead atoms. The maximum atomic E-state index is 11.9. The molecule has 0 amide bonds. The first-order valence-electron chi connectivity index (χ1n) is 6.27. The van der Waals surface area contributed by atoms with Crippen molar-refractivity contribution in [2.24, 2.45) is 0 Å². The second kappa shape index (κ2) is 4.78. The summed E-state index contributed by atoms with van der Waals surface area (Å²) in [5, 5.41) is 3.42. The number of nitrogens with two attached hydrogens (primary N) is 1. The largest absolute Gasteiger partial charge is 0.399 e. The highest BCUT2D eigenvalue weighted by Crippen LogP contribution is 2.32. The monoisotopic (exact) mass is 232 g/mol. The molecule has 1 aromatic rings. The van der Waals surface area contributed by atoms with Crippen LogP contribution < -0.4 is 11.1 Å². The molecule has 3 nitrogen and oxygen atoms in total.